The Morgan fingerprint density at radius 1 is 1.44 bits per heavy atom. The van der Waals surface area contributed by atoms with Gasteiger partial charge in [0.2, 0.25) is 0 Å². The van der Waals surface area contributed by atoms with Crippen LogP contribution in [0.15, 0.2) is 17.8 Å². The van der Waals surface area contributed by atoms with Crippen molar-refractivity contribution in [2.45, 2.75) is 13.3 Å². The van der Waals surface area contributed by atoms with Gasteiger partial charge in [-0.15, -0.1) is 11.3 Å². The van der Waals surface area contributed by atoms with Crippen LogP contribution in [0, 0.1) is 6.92 Å². The summed E-state index contributed by atoms with van der Waals surface area (Å²) in [6.45, 7) is 2.79. The van der Waals surface area contributed by atoms with Crippen LogP contribution in [0.1, 0.15) is 10.7 Å². The molecule has 0 unspecified atom stereocenters. The highest BCUT2D eigenvalue weighted by molar-refractivity contribution is 7.09. The van der Waals surface area contributed by atoms with Crippen LogP contribution < -0.4 is 5.32 Å². The van der Waals surface area contributed by atoms with Gasteiger partial charge in [-0.25, -0.2) is 15.0 Å². The fourth-order valence-corrected chi connectivity index (χ4v) is 2.17. The predicted octanol–water partition coefficient (Wildman–Crippen LogP) is 2.55. The van der Waals surface area contributed by atoms with Gasteiger partial charge in [0.05, 0.1) is 5.01 Å². The number of aryl methyl sites for hydroxylation is 1. The lowest BCUT2D eigenvalue weighted by molar-refractivity contribution is 0.973. The Morgan fingerprint density at radius 2 is 2.31 bits per heavy atom. The molecule has 0 radical (unpaired) electrons. The summed E-state index contributed by atoms with van der Waals surface area (Å²) in [5, 5.41) is 6.80. The van der Waals surface area contributed by atoms with Gasteiger partial charge in [-0.3, -0.25) is 0 Å². The molecule has 0 aliphatic rings. The zero-order chi connectivity index (χ0) is 11.4. The van der Waals surface area contributed by atoms with Crippen molar-refractivity contribution in [1.29, 1.82) is 0 Å². The SMILES string of the molecule is Cc1csc(CCNc2cc(Cl)ncn2)n1. The lowest BCUT2D eigenvalue weighted by Gasteiger charge is -2.03. The topological polar surface area (TPSA) is 50.7 Å². The average Bonchev–Trinajstić information content (AvgIpc) is 2.64. The van der Waals surface area contributed by atoms with E-state index in [0.717, 1.165) is 29.5 Å². The fraction of sp³-hybridized carbons (Fsp3) is 0.300. The van der Waals surface area contributed by atoms with Crippen molar-refractivity contribution in [3.05, 3.63) is 33.6 Å². The molecule has 0 bridgehead atoms. The van der Waals surface area contributed by atoms with Crippen LogP contribution in [0.25, 0.3) is 0 Å². The molecule has 0 saturated heterocycles. The van der Waals surface area contributed by atoms with Gasteiger partial charge in [0.15, 0.2) is 0 Å². The number of hydrogen-bond acceptors (Lipinski definition) is 5. The Kier molecular flexibility index (Phi) is 3.69. The summed E-state index contributed by atoms with van der Waals surface area (Å²) in [5.74, 6) is 0.744. The van der Waals surface area contributed by atoms with Crippen molar-refractivity contribution < 1.29 is 0 Å². The average molecular weight is 255 g/mol. The molecule has 0 aliphatic heterocycles. The number of aromatic nitrogens is 3. The molecule has 1 N–H and O–H groups in total. The summed E-state index contributed by atoms with van der Waals surface area (Å²) in [4.78, 5) is 12.2. The first-order valence-corrected chi connectivity index (χ1v) is 6.12. The van der Waals surface area contributed by atoms with Gasteiger partial charge >= 0.3 is 0 Å². The van der Waals surface area contributed by atoms with E-state index in [2.05, 4.69) is 25.6 Å². The van der Waals surface area contributed by atoms with Crippen LogP contribution in [-0.2, 0) is 6.42 Å². The monoisotopic (exact) mass is 254 g/mol. The van der Waals surface area contributed by atoms with Gasteiger partial charge in [-0.1, -0.05) is 11.6 Å². The standard InChI is InChI=1S/C10H11ClN4S/c1-7-5-16-10(15-7)2-3-12-9-4-8(11)13-6-14-9/h4-6H,2-3H2,1H3,(H,12,13,14). The second-order valence-corrected chi connectivity index (χ2v) is 4.62. The Bertz CT molecular complexity index is 471. The zero-order valence-electron chi connectivity index (χ0n) is 8.77. The van der Waals surface area contributed by atoms with E-state index in [9.17, 15) is 0 Å². The Morgan fingerprint density at radius 3 is 3.00 bits per heavy atom. The Hall–Kier alpha value is -1.20. The maximum Gasteiger partial charge on any atom is 0.134 e. The van der Waals surface area contributed by atoms with Crippen LogP contribution in [0.3, 0.4) is 0 Å². The van der Waals surface area contributed by atoms with E-state index in [-0.39, 0.29) is 0 Å². The molecule has 2 aromatic heterocycles. The minimum absolute atomic E-state index is 0.447. The van der Waals surface area contributed by atoms with E-state index < -0.39 is 0 Å². The first-order chi connectivity index (χ1) is 7.74. The molecular formula is C10H11ClN4S. The molecule has 0 fully saturated rings. The van der Waals surface area contributed by atoms with Gasteiger partial charge in [0.25, 0.3) is 0 Å². The van der Waals surface area contributed by atoms with Crippen molar-refractivity contribution in [3.8, 4) is 0 Å². The highest BCUT2D eigenvalue weighted by atomic mass is 35.5. The summed E-state index contributed by atoms with van der Waals surface area (Å²) >= 11 is 7.42. The van der Waals surface area contributed by atoms with Crippen LogP contribution >= 0.6 is 22.9 Å². The quantitative estimate of drug-likeness (QED) is 0.852. The predicted molar refractivity (Wildman–Crippen MR) is 66.1 cm³/mol. The van der Waals surface area contributed by atoms with Crippen LogP contribution in [-0.4, -0.2) is 21.5 Å². The molecule has 2 rings (SSSR count). The van der Waals surface area contributed by atoms with Gasteiger partial charge < -0.3 is 5.32 Å². The third-order valence-electron chi connectivity index (χ3n) is 1.95. The van der Waals surface area contributed by atoms with Crippen LogP contribution in [0.4, 0.5) is 5.82 Å². The highest BCUT2D eigenvalue weighted by Crippen LogP contribution is 2.11. The summed E-state index contributed by atoms with van der Waals surface area (Å²) in [6, 6.07) is 1.70. The van der Waals surface area contributed by atoms with Gasteiger partial charge in [0.1, 0.15) is 17.3 Å². The fourth-order valence-electron chi connectivity index (χ4n) is 1.25. The first-order valence-electron chi connectivity index (χ1n) is 4.86. The summed E-state index contributed by atoms with van der Waals surface area (Å²) in [5.41, 5.74) is 1.07. The maximum absolute atomic E-state index is 5.74. The molecule has 84 valence electrons. The number of rotatable bonds is 4. The van der Waals surface area contributed by atoms with E-state index in [1.54, 1.807) is 17.4 Å². The molecule has 2 heterocycles. The molecule has 0 spiro atoms. The number of halogens is 1. The molecular weight excluding hydrogens is 244 g/mol. The van der Waals surface area contributed by atoms with Crippen molar-refractivity contribution in [3.63, 3.8) is 0 Å². The molecule has 2 aromatic rings. The number of nitrogens with zero attached hydrogens (tertiary/aromatic N) is 3. The first kappa shape index (κ1) is 11.3. The van der Waals surface area contributed by atoms with E-state index in [1.807, 2.05) is 6.92 Å². The van der Waals surface area contributed by atoms with Gasteiger partial charge in [-0.05, 0) is 6.92 Å². The Balaban J connectivity index is 1.84. The number of thiazole rings is 1. The second kappa shape index (κ2) is 5.23. The lowest BCUT2D eigenvalue weighted by atomic mass is 10.4. The van der Waals surface area contributed by atoms with Gasteiger partial charge in [-0.2, -0.15) is 0 Å². The summed E-state index contributed by atoms with van der Waals surface area (Å²) < 4.78 is 0. The highest BCUT2D eigenvalue weighted by Gasteiger charge is 1.99. The van der Waals surface area contributed by atoms with E-state index in [4.69, 9.17) is 11.6 Å². The molecule has 0 saturated carbocycles. The van der Waals surface area contributed by atoms with Crippen LogP contribution in [0.2, 0.25) is 5.15 Å². The summed E-state index contributed by atoms with van der Waals surface area (Å²) in [7, 11) is 0. The minimum Gasteiger partial charge on any atom is -0.370 e. The van der Waals surface area contributed by atoms with Crippen molar-refractivity contribution in [2.24, 2.45) is 0 Å². The van der Waals surface area contributed by atoms with E-state index in [0.29, 0.717) is 5.15 Å². The third kappa shape index (κ3) is 3.15. The third-order valence-corrected chi connectivity index (χ3v) is 3.18. The molecule has 0 atom stereocenters. The minimum atomic E-state index is 0.447. The molecule has 0 amide bonds. The van der Waals surface area contributed by atoms with Crippen molar-refractivity contribution >= 4 is 28.8 Å². The normalized spacial score (nSPS) is 10.4. The van der Waals surface area contributed by atoms with Gasteiger partial charge in [0, 0.05) is 30.1 Å². The van der Waals surface area contributed by atoms with Crippen molar-refractivity contribution in [1.82, 2.24) is 15.0 Å². The maximum atomic E-state index is 5.74. The molecule has 4 nitrogen and oxygen atoms in total. The number of hydrogen-bond donors (Lipinski definition) is 1. The summed E-state index contributed by atoms with van der Waals surface area (Å²) in [6.07, 6.45) is 2.33. The van der Waals surface area contributed by atoms with Crippen LogP contribution in [0.5, 0.6) is 0 Å². The molecule has 6 heteroatoms. The zero-order valence-corrected chi connectivity index (χ0v) is 10.3. The second-order valence-electron chi connectivity index (χ2n) is 3.29. The van der Waals surface area contributed by atoms with Crippen molar-refractivity contribution in [2.75, 3.05) is 11.9 Å². The Labute approximate surface area is 103 Å². The smallest absolute Gasteiger partial charge is 0.134 e. The molecule has 0 aromatic carbocycles. The van der Waals surface area contributed by atoms with E-state index in [1.165, 1.54) is 6.33 Å². The number of anilines is 1. The largest absolute Gasteiger partial charge is 0.370 e. The number of nitrogens with one attached hydrogen (secondary N) is 1. The van der Waals surface area contributed by atoms with E-state index >= 15 is 0 Å². The molecule has 16 heavy (non-hydrogen) atoms. The molecule has 0 aliphatic carbocycles. The lowest BCUT2D eigenvalue weighted by Crippen LogP contribution is -2.06.